The zero-order valence-electron chi connectivity index (χ0n) is 11.6. The molecule has 0 fully saturated rings. The average molecular weight is 264 g/mol. The smallest absolute Gasteiger partial charge is 0.134 e. The molecule has 0 aliphatic carbocycles. The van der Waals surface area contributed by atoms with E-state index >= 15 is 0 Å². The molecule has 2 nitrogen and oxygen atoms in total. The van der Waals surface area contributed by atoms with Crippen LogP contribution in [-0.2, 0) is 0 Å². The van der Waals surface area contributed by atoms with Gasteiger partial charge in [-0.1, -0.05) is 36.1 Å². The van der Waals surface area contributed by atoms with Crippen molar-refractivity contribution in [1.82, 2.24) is 0 Å². The van der Waals surface area contributed by atoms with Gasteiger partial charge in [-0.2, -0.15) is 0 Å². The number of hydrogen-bond acceptors (Lipinski definition) is 2. The molecule has 0 atom stereocenters. The molecule has 0 heterocycles. The van der Waals surface area contributed by atoms with Crippen molar-refractivity contribution in [3.63, 3.8) is 0 Å². The van der Waals surface area contributed by atoms with E-state index in [1.807, 2.05) is 60.7 Å². The molecule has 0 aliphatic heterocycles. The Balaban J connectivity index is 2.08. The summed E-state index contributed by atoms with van der Waals surface area (Å²) in [6, 6.07) is 15.5. The second-order valence-electron chi connectivity index (χ2n) is 4.08. The Morgan fingerprint density at radius 2 is 1.65 bits per heavy atom. The van der Waals surface area contributed by atoms with Crippen molar-refractivity contribution in [1.29, 1.82) is 0 Å². The molecule has 0 bridgehead atoms. The van der Waals surface area contributed by atoms with Crippen molar-refractivity contribution >= 4 is 6.08 Å². The van der Waals surface area contributed by atoms with Gasteiger partial charge in [0.05, 0.1) is 19.8 Å². The number of benzene rings is 2. The molecule has 20 heavy (non-hydrogen) atoms. The monoisotopic (exact) mass is 264 g/mol. The fourth-order valence-corrected chi connectivity index (χ4v) is 1.72. The highest BCUT2D eigenvalue weighted by Gasteiger charge is 1.95. The number of hydrogen-bond donors (Lipinski definition) is 0. The van der Waals surface area contributed by atoms with Gasteiger partial charge in [0.15, 0.2) is 0 Å². The minimum atomic E-state index is 0.790. The van der Waals surface area contributed by atoms with Crippen molar-refractivity contribution in [2.75, 3.05) is 14.2 Å². The standard InChI is InChI=1S/C18H16O2/c1-19-17-13-11-15(12-14-17)7-3-4-8-16-9-5-6-10-18(16)20-2/h3,5-7,9-14H,1-2H3/b7-3+. The lowest BCUT2D eigenvalue weighted by atomic mass is 10.2. The van der Waals surface area contributed by atoms with Crippen molar-refractivity contribution in [2.24, 2.45) is 0 Å². The predicted molar refractivity (Wildman–Crippen MR) is 81.9 cm³/mol. The second kappa shape index (κ2) is 7.06. The van der Waals surface area contributed by atoms with Gasteiger partial charge in [-0.3, -0.25) is 0 Å². The van der Waals surface area contributed by atoms with E-state index in [2.05, 4.69) is 11.8 Å². The maximum absolute atomic E-state index is 5.25. The molecule has 2 aromatic carbocycles. The first-order valence-corrected chi connectivity index (χ1v) is 6.28. The Kier molecular flexibility index (Phi) is 4.86. The summed E-state index contributed by atoms with van der Waals surface area (Å²) in [4.78, 5) is 0. The summed E-state index contributed by atoms with van der Waals surface area (Å²) in [5.41, 5.74) is 1.97. The topological polar surface area (TPSA) is 18.5 Å². The van der Waals surface area contributed by atoms with Crippen LogP contribution in [0.1, 0.15) is 11.1 Å². The minimum Gasteiger partial charge on any atom is -0.497 e. The molecule has 0 saturated carbocycles. The van der Waals surface area contributed by atoms with Crippen LogP contribution in [0.5, 0.6) is 11.5 Å². The first kappa shape index (κ1) is 13.8. The van der Waals surface area contributed by atoms with Gasteiger partial charge < -0.3 is 9.47 Å². The highest BCUT2D eigenvalue weighted by Crippen LogP contribution is 2.15. The quantitative estimate of drug-likeness (QED) is 0.786. The van der Waals surface area contributed by atoms with Crippen LogP contribution in [0, 0.1) is 11.8 Å². The fraction of sp³-hybridized carbons (Fsp3) is 0.111. The van der Waals surface area contributed by atoms with Gasteiger partial charge in [0.2, 0.25) is 0 Å². The average Bonchev–Trinajstić information content (AvgIpc) is 2.52. The lowest BCUT2D eigenvalue weighted by Gasteiger charge is -2.00. The van der Waals surface area contributed by atoms with E-state index in [0.717, 1.165) is 22.6 Å². The molecule has 0 saturated heterocycles. The lowest BCUT2D eigenvalue weighted by Crippen LogP contribution is -1.85. The largest absolute Gasteiger partial charge is 0.497 e. The molecule has 0 unspecified atom stereocenters. The van der Waals surface area contributed by atoms with Gasteiger partial charge in [-0.15, -0.1) is 0 Å². The maximum Gasteiger partial charge on any atom is 0.134 e. The lowest BCUT2D eigenvalue weighted by molar-refractivity contribution is 0.413. The van der Waals surface area contributed by atoms with E-state index in [0.29, 0.717) is 0 Å². The predicted octanol–water partition coefficient (Wildman–Crippen LogP) is 3.77. The van der Waals surface area contributed by atoms with Crippen LogP contribution >= 0.6 is 0 Å². The molecule has 2 aromatic rings. The molecule has 0 amide bonds. The molecule has 0 aromatic heterocycles. The van der Waals surface area contributed by atoms with Crippen LogP contribution < -0.4 is 9.47 Å². The molecule has 0 radical (unpaired) electrons. The third kappa shape index (κ3) is 3.66. The third-order valence-electron chi connectivity index (χ3n) is 2.79. The zero-order valence-corrected chi connectivity index (χ0v) is 11.6. The number of methoxy groups -OCH3 is 2. The van der Waals surface area contributed by atoms with E-state index in [9.17, 15) is 0 Å². The molecule has 0 spiro atoms. The maximum atomic E-state index is 5.25. The van der Waals surface area contributed by atoms with Gasteiger partial charge in [-0.25, -0.2) is 0 Å². The Hall–Kier alpha value is -2.66. The summed E-state index contributed by atoms with van der Waals surface area (Å²) < 4.78 is 10.4. The van der Waals surface area contributed by atoms with E-state index in [1.54, 1.807) is 14.2 Å². The van der Waals surface area contributed by atoms with Crippen LogP contribution in [0.3, 0.4) is 0 Å². The Labute approximate surface area is 119 Å². The van der Waals surface area contributed by atoms with Gasteiger partial charge in [-0.05, 0) is 42.0 Å². The van der Waals surface area contributed by atoms with Crippen molar-refractivity contribution < 1.29 is 9.47 Å². The first-order valence-electron chi connectivity index (χ1n) is 6.28. The van der Waals surface area contributed by atoms with Crippen molar-refractivity contribution in [2.45, 2.75) is 0 Å². The van der Waals surface area contributed by atoms with E-state index < -0.39 is 0 Å². The molecular formula is C18H16O2. The Morgan fingerprint density at radius 3 is 2.35 bits per heavy atom. The van der Waals surface area contributed by atoms with Crippen LogP contribution in [0.25, 0.3) is 6.08 Å². The van der Waals surface area contributed by atoms with Crippen LogP contribution in [0.15, 0.2) is 54.6 Å². The summed E-state index contributed by atoms with van der Waals surface area (Å²) in [5.74, 6) is 7.72. The number of rotatable bonds is 3. The molecule has 100 valence electrons. The van der Waals surface area contributed by atoms with Crippen molar-refractivity contribution in [3.05, 3.63) is 65.7 Å². The van der Waals surface area contributed by atoms with Crippen LogP contribution in [-0.4, -0.2) is 14.2 Å². The summed E-state index contributed by atoms with van der Waals surface area (Å²) in [6.45, 7) is 0. The zero-order chi connectivity index (χ0) is 14.2. The van der Waals surface area contributed by atoms with Crippen LogP contribution in [0.2, 0.25) is 0 Å². The SMILES string of the molecule is COc1ccc(/C=C/C#Cc2ccccc2OC)cc1. The number of ether oxygens (including phenoxy) is 2. The van der Waals surface area contributed by atoms with Crippen LogP contribution in [0.4, 0.5) is 0 Å². The van der Waals surface area contributed by atoms with Crippen molar-refractivity contribution in [3.8, 4) is 23.3 Å². The Bertz CT molecular complexity index is 643. The molecule has 0 N–H and O–H groups in total. The van der Waals surface area contributed by atoms with Gasteiger partial charge >= 0.3 is 0 Å². The normalized spacial score (nSPS) is 9.90. The summed E-state index contributed by atoms with van der Waals surface area (Å²) in [5, 5.41) is 0. The number of allylic oxidation sites excluding steroid dienone is 1. The molecule has 2 rings (SSSR count). The van der Waals surface area contributed by atoms with Gasteiger partial charge in [0.1, 0.15) is 11.5 Å². The molecule has 2 heteroatoms. The van der Waals surface area contributed by atoms with E-state index in [-0.39, 0.29) is 0 Å². The second-order valence-corrected chi connectivity index (χ2v) is 4.08. The third-order valence-corrected chi connectivity index (χ3v) is 2.79. The highest BCUT2D eigenvalue weighted by molar-refractivity contribution is 5.55. The number of para-hydroxylation sites is 1. The summed E-state index contributed by atoms with van der Waals surface area (Å²) >= 11 is 0. The fourth-order valence-electron chi connectivity index (χ4n) is 1.72. The van der Waals surface area contributed by atoms with Gasteiger partial charge in [0, 0.05) is 0 Å². The van der Waals surface area contributed by atoms with E-state index in [1.165, 1.54) is 0 Å². The van der Waals surface area contributed by atoms with Gasteiger partial charge in [0.25, 0.3) is 0 Å². The summed E-state index contributed by atoms with van der Waals surface area (Å²) in [7, 11) is 3.30. The molecule has 0 aliphatic rings. The minimum absolute atomic E-state index is 0.790. The summed E-state index contributed by atoms with van der Waals surface area (Å²) in [6.07, 6.45) is 3.79. The van der Waals surface area contributed by atoms with E-state index in [4.69, 9.17) is 9.47 Å². The highest BCUT2D eigenvalue weighted by atomic mass is 16.5. The molecular weight excluding hydrogens is 248 g/mol. The Morgan fingerprint density at radius 1 is 0.900 bits per heavy atom. The first-order chi connectivity index (χ1) is 9.83.